The van der Waals surface area contributed by atoms with E-state index < -0.39 is 59.7 Å². The maximum absolute atomic E-state index is 13.9. The van der Waals surface area contributed by atoms with Gasteiger partial charge in [-0.3, -0.25) is 34.2 Å². The number of aromatic amines is 1. The van der Waals surface area contributed by atoms with Crippen molar-refractivity contribution in [3.05, 3.63) is 71.9 Å². The van der Waals surface area contributed by atoms with E-state index in [0.717, 1.165) is 28.5 Å². The number of H-pyrrole nitrogens is 1. The molecule has 0 radical (unpaired) electrons. The summed E-state index contributed by atoms with van der Waals surface area (Å²) in [7, 11) is 0. The summed E-state index contributed by atoms with van der Waals surface area (Å²) in [6, 6.07) is 11.1. The Labute approximate surface area is 308 Å². The molecule has 2 aromatic carbocycles. The smallest absolute Gasteiger partial charge is 0.243 e. The van der Waals surface area contributed by atoms with Gasteiger partial charge >= 0.3 is 0 Å². The van der Waals surface area contributed by atoms with E-state index in [1.54, 1.807) is 30.5 Å². The fourth-order valence-electron chi connectivity index (χ4n) is 5.74. The number of nitrogens with two attached hydrogens (primary N) is 2. The molecule has 0 fully saturated rings. The van der Waals surface area contributed by atoms with Gasteiger partial charge in [0.05, 0.1) is 0 Å². The zero-order valence-corrected chi connectivity index (χ0v) is 30.4. The summed E-state index contributed by atoms with van der Waals surface area (Å²) in [5.74, 6) is -3.98. The highest BCUT2D eigenvalue weighted by Gasteiger charge is 2.31. The van der Waals surface area contributed by atoms with Crippen molar-refractivity contribution >= 4 is 52.3 Å². The lowest BCUT2D eigenvalue weighted by Gasteiger charge is -2.26. The Kier molecular flexibility index (Phi) is 16.3. The van der Waals surface area contributed by atoms with Crippen LogP contribution in [0.1, 0.15) is 64.0 Å². The van der Waals surface area contributed by atoms with Crippen LogP contribution in [-0.2, 0) is 41.6 Å². The Morgan fingerprint density at radius 3 is 1.96 bits per heavy atom. The molecule has 0 aliphatic carbocycles. The molecule has 0 bridgehead atoms. The van der Waals surface area contributed by atoms with Crippen LogP contribution in [0.15, 0.2) is 60.8 Å². The van der Waals surface area contributed by atoms with E-state index in [4.69, 9.17) is 16.9 Å². The van der Waals surface area contributed by atoms with Crippen LogP contribution in [0.25, 0.3) is 10.9 Å². The number of amides is 6. The summed E-state index contributed by atoms with van der Waals surface area (Å²) in [4.78, 5) is 81.6. The number of carbonyl (C=O) groups is 6. The van der Waals surface area contributed by atoms with Gasteiger partial charge in [-0.25, -0.2) is 0 Å². The molecular weight excluding hydrogens is 680 g/mol. The van der Waals surface area contributed by atoms with Crippen molar-refractivity contribution in [3.63, 3.8) is 0 Å². The minimum absolute atomic E-state index is 0.0771. The molecule has 0 unspecified atom stereocenters. The molecule has 0 aliphatic heterocycles. The second-order valence-corrected chi connectivity index (χ2v) is 12.9. The molecule has 1 heterocycles. The van der Waals surface area contributed by atoms with E-state index in [-0.39, 0.29) is 37.7 Å². The van der Waals surface area contributed by atoms with Gasteiger partial charge in [0, 0.05) is 43.4 Å². The van der Waals surface area contributed by atoms with Crippen LogP contribution in [0.4, 0.5) is 0 Å². The third-order valence-corrected chi connectivity index (χ3v) is 8.58. The average Bonchev–Trinajstić information content (AvgIpc) is 3.53. The number of fused-ring (bicyclic) bond motifs is 1. The highest BCUT2D eigenvalue weighted by atomic mass is 16.2. The van der Waals surface area contributed by atoms with Crippen molar-refractivity contribution in [2.75, 3.05) is 6.54 Å². The Bertz CT molecular complexity index is 1730. The van der Waals surface area contributed by atoms with E-state index in [1.165, 1.54) is 13.8 Å². The van der Waals surface area contributed by atoms with E-state index in [0.29, 0.717) is 19.3 Å². The normalized spacial score (nSPS) is 13.7. The fraction of sp³-hybridized carbons (Fsp3) is 0.432. The Morgan fingerprint density at radius 2 is 1.30 bits per heavy atom. The maximum Gasteiger partial charge on any atom is 0.243 e. The van der Waals surface area contributed by atoms with E-state index in [1.807, 2.05) is 37.3 Å². The first-order valence-corrected chi connectivity index (χ1v) is 17.7. The van der Waals surface area contributed by atoms with Crippen LogP contribution >= 0.6 is 0 Å². The lowest BCUT2D eigenvalue weighted by molar-refractivity contribution is -0.134. The predicted octanol–water partition coefficient (Wildman–Crippen LogP) is 0.356. The van der Waals surface area contributed by atoms with Crippen molar-refractivity contribution in [2.24, 2.45) is 11.5 Å². The number of unbranched alkanes of at least 4 members (excludes halogenated alkanes) is 1. The van der Waals surface area contributed by atoms with Gasteiger partial charge in [0.1, 0.15) is 30.2 Å². The molecule has 12 N–H and O–H groups in total. The molecule has 6 amide bonds. The molecule has 16 heteroatoms. The summed E-state index contributed by atoms with van der Waals surface area (Å²) >= 11 is 0. The average molecular weight is 733 g/mol. The van der Waals surface area contributed by atoms with Crippen molar-refractivity contribution in [3.8, 4) is 0 Å². The predicted molar refractivity (Wildman–Crippen MR) is 201 cm³/mol. The van der Waals surface area contributed by atoms with Crippen LogP contribution in [0.3, 0.4) is 0 Å². The first-order chi connectivity index (χ1) is 25.3. The summed E-state index contributed by atoms with van der Waals surface area (Å²) in [6.07, 6.45) is 4.14. The standard InChI is InChI=1S/C37H52N10O6/c1-4-5-15-28(44-23(3)48)35(52)47-31(19-24-12-7-6-8-13-24)36(53)45-29(17-11-18-41-37(39)40)34(51)43-22(2)33(50)46-30(32(38)49)20-25-21-42-27-16-10-9-14-26(25)27/h6-10,12-14,16,21-22,28-31,42H,4-5,11,15,17-20H2,1-3H3,(H2,38,49)(H,43,51)(H,44,48)(H,45,53)(H,46,50)(H,47,52)(H4,39,40,41)/t22-,28-,29-,30-,31+/m0/s1. The van der Waals surface area contributed by atoms with Gasteiger partial charge in [-0.2, -0.15) is 0 Å². The Hall–Kier alpha value is -5.93. The lowest BCUT2D eigenvalue weighted by Crippen LogP contribution is -2.59. The number of para-hydroxylation sites is 1. The summed E-state index contributed by atoms with van der Waals surface area (Å²) in [5.41, 5.74) is 13.4. The van der Waals surface area contributed by atoms with Crippen molar-refractivity contribution < 1.29 is 28.8 Å². The molecule has 1 aromatic heterocycles. The molecule has 0 saturated carbocycles. The van der Waals surface area contributed by atoms with Gasteiger partial charge in [0.25, 0.3) is 0 Å². The van der Waals surface area contributed by atoms with Crippen LogP contribution in [0.5, 0.6) is 0 Å². The van der Waals surface area contributed by atoms with Crippen molar-refractivity contribution in [1.29, 1.82) is 5.41 Å². The number of guanidine groups is 1. The zero-order valence-electron chi connectivity index (χ0n) is 30.4. The molecule has 5 atom stereocenters. The number of hydrogen-bond acceptors (Lipinski definition) is 7. The number of primary amides is 1. The second-order valence-electron chi connectivity index (χ2n) is 12.9. The highest BCUT2D eigenvalue weighted by Crippen LogP contribution is 2.19. The molecule has 3 aromatic rings. The maximum atomic E-state index is 13.9. The highest BCUT2D eigenvalue weighted by molar-refractivity contribution is 5.96. The van der Waals surface area contributed by atoms with Crippen molar-refractivity contribution in [1.82, 2.24) is 36.9 Å². The molecule has 3 rings (SSSR count). The van der Waals surface area contributed by atoms with Gasteiger partial charge in [-0.1, -0.05) is 68.3 Å². The minimum Gasteiger partial charge on any atom is -0.370 e. The fourth-order valence-corrected chi connectivity index (χ4v) is 5.74. The molecule has 0 aliphatic rings. The number of nitrogens with one attached hydrogen (secondary N) is 8. The van der Waals surface area contributed by atoms with Crippen LogP contribution in [-0.4, -0.2) is 83.1 Å². The van der Waals surface area contributed by atoms with Gasteiger partial charge in [0.2, 0.25) is 35.4 Å². The Morgan fingerprint density at radius 1 is 0.717 bits per heavy atom. The first-order valence-electron chi connectivity index (χ1n) is 17.7. The number of rotatable bonds is 21. The number of aromatic nitrogens is 1. The molecule has 53 heavy (non-hydrogen) atoms. The number of benzene rings is 2. The summed E-state index contributed by atoms with van der Waals surface area (Å²) in [5, 5.41) is 24.3. The Balaban J connectivity index is 1.77. The van der Waals surface area contributed by atoms with E-state index in [2.05, 4.69) is 36.9 Å². The molecule has 0 spiro atoms. The quantitative estimate of drug-likeness (QED) is 0.0414. The first kappa shape index (κ1) is 41.5. The van der Waals surface area contributed by atoms with Gasteiger partial charge in [0.15, 0.2) is 5.96 Å². The van der Waals surface area contributed by atoms with Gasteiger partial charge in [-0.15, -0.1) is 0 Å². The minimum atomic E-state index is -1.17. The van der Waals surface area contributed by atoms with Crippen molar-refractivity contribution in [2.45, 2.75) is 95.9 Å². The van der Waals surface area contributed by atoms with Crippen LogP contribution in [0.2, 0.25) is 0 Å². The molecular formula is C37H52N10O6. The van der Waals surface area contributed by atoms with Crippen LogP contribution < -0.4 is 43.4 Å². The van der Waals surface area contributed by atoms with E-state index in [9.17, 15) is 28.8 Å². The monoisotopic (exact) mass is 732 g/mol. The summed E-state index contributed by atoms with van der Waals surface area (Å²) < 4.78 is 0. The van der Waals surface area contributed by atoms with Gasteiger partial charge < -0.3 is 48.4 Å². The molecule has 16 nitrogen and oxygen atoms in total. The lowest BCUT2D eigenvalue weighted by atomic mass is 10.0. The molecule has 286 valence electrons. The third kappa shape index (κ3) is 13.6. The largest absolute Gasteiger partial charge is 0.370 e. The summed E-state index contributed by atoms with van der Waals surface area (Å²) in [6.45, 7) is 4.92. The number of carbonyl (C=O) groups excluding carboxylic acids is 6. The van der Waals surface area contributed by atoms with Gasteiger partial charge in [-0.05, 0) is 43.4 Å². The number of hydrogen-bond donors (Lipinski definition) is 10. The second kappa shape index (κ2) is 20.8. The molecule has 0 saturated heterocycles. The SMILES string of the molecule is CCCC[C@H](NC(C)=O)C(=O)N[C@H](Cc1ccccc1)C(=O)N[C@@H](CCCNC(=N)N)C(=O)N[C@@H](C)C(=O)N[C@@H](Cc1c[nH]c2ccccc12)C(N)=O. The zero-order chi connectivity index (χ0) is 38.9. The van der Waals surface area contributed by atoms with Crippen LogP contribution in [0, 0.1) is 5.41 Å². The third-order valence-electron chi connectivity index (χ3n) is 8.58. The van der Waals surface area contributed by atoms with E-state index >= 15 is 0 Å². The topological polar surface area (TPSA) is 266 Å².